The first kappa shape index (κ1) is 27.5. The van der Waals surface area contributed by atoms with Gasteiger partial charge in [0, 0.05) is 29.9 Å². The molecule has 2 amide bonds. The minimum atomic E-state index is -1.40. The van der Waals surface area contributed by atoms with Gasteiger partial charge >= 0.3 is 0 Å². The van der Waals surface area contributed by atoms with Gasteiger partial charge in [0.2, 0.25) is 6.17 Å². The second kappa shape index (κ2) is 11.7. The van der Waals surface area contributed by atoms with Crippen LogP contribution in [0.15, 0.2) is 77.9 Å². The van der Waals surface area contributed by atoms with E-state index >= 15 is 4.39 Å². The van der Waals surface area contributed by atoms with Crippen molar-refractivity contribution in [1.29, 1.82) is 0 Å². The normalized spacial score (nSPS) is 17.2. The van der Waals surface area contributed by atoms with Crippen molar-refractivity contribution in [3.8, 4) is 11.3 Å². The highest BCUT2D eigenvalue weighted by Crippen LogP contribution is 2.33. The standard InChI is InChI=1S/C32H29F2N5O3/c1-2-19-11-12-22(26(34)17-19)29-24(18-35-39(29)21-13-15-42-16-14-21)31(40)38-30-32(41)37-28-23(9-6-10-25(28)33)27(36-30)20-7-4-3-5-8-20/h3-12,17-18,21,30H,2,13-16H2,1H3,(H,37,41)(H,38,40)/t30-/m1/s1. The third kappa shape index (κ3) is 5.21. The second-order valence-electron chi connectivity index (χ2n) is 10.2. The molecule has 1 atom stereocenters. The lowest BCUT2D eigenvalue weighted by Crippen LogP contribution is -2.42. The smallest absolute Gasteiger partial charge is 0.269 e. The number of carbonyl (C=O) groups excluding carboxylic acids is 2. The number of ether oxygens (including phenoxy) is 1. The first-order chi connectivity index (χ1) is 20.4. The minimum Gasteiger partial charge on any atom is -0.381 e. The van der Waals surface area contributed by atoms with Gasteiger partial charge in [-0.15, -0.1) is 0 Å². The quantitative estimate of drug-likeness (QED) is 0.330. The van der Waals surface area contributed by atoms with Gasteiger partial charge in [-0.2, -0.15) is 5.10 Å². The van der Waals surface area contributed by atoms with E-state index in [4.69, 9.17) is 4.74 Å². The maximum Gasteiger partial charge on any atom is 0.269 e. The van der Waals surface area contributed by atoms with Crippen LogP contribution in [-0.2, 0) is 16.0 Å². The van der Waals surface area contributed by atoms with Crippen LogP contribution >= 0.6 is 0 Å². The van der Waals surface area contributed by atoms with E-state index in [1.165, 1.54) is 24.4 Å². The molecule has 0 unspecified atom stereocenters. The third-order valence-corrected chi connectivity index (χ3v) is 7.61. The number of carbonyl (C=O) groups is 2. The Hall–Kier alpha value is -4.70. The highest BCUT2D eigenvalue weighted by Gasteiger charge is 2.32. The summed E-state index contributed by atoms with van der Waals surface area (Å²) in [6.07, 6.45) is 1.96. The van der Waals surface area contributed by atoms with Gasteiger partial charge in [-0.1, -0.05) is 55.5 Å². The maximum absolute atomic E-state index is 15.5. The molecule has 0 saturated carbocycles. The predicted molar refractivity (Wildman–Crippen MR) is 154 cm³/mol. The number of halogens is 2. The van der Waals surface area contributed by atoms with Crippen molar-refractivity contribution in [3.05, 3.63) is 107 Å². The summed E-state index contributed by atoms with van der Waals surface area (Å²) >= 11 is 0. The van der Waals surface area contributed by atoms with Crippen LogP contribution in [0.4, 0.5) is 14.5 Å². The summed E-state index contributed by atoms with van der Waals surface area (Å²) in [4.78, 5) is 31.8. The van der Waals surface area contributed by atoms with E-state index < -0.39 is 29.6 Å². The van der Waals surface area contributed by atoms with Gasteiger partial charge in [0.05, 0.1) is 34.9 Å². The average molecular weight is 570 g/mol. The van der Waals surface area contributed by atoms with Crippen LogP contribution in [0.25, 0.3) is 11.3 Å². The molecule has 42 heavy (non-hydrogen) atoms. The molecule has 2 aliphatic rings. The lowest BCUT2D eigenvalue weighted by molar-refractivity contribution is -0.117. The van der Waals surface area contributed by atoms with Crippen molar-refractivity contribution < 1.29 is 23.1 Å². The number of hydrogen-bond acceptors (Lipinski definition) is 5. The van der Waals surface area contributed by atoms with Crippen LogP contribution in [0.2, 0.25) is 0 Å². The number of hydrogen-bond donors (Lipinski definition) is 2. The number of aliphatic imine (C=N–C) groups is 1. The maximum atomic E-state index is 15.5. The number of nitrogens with one attached hydrogen (secondary N) is 2. The van der Waals surface area contributed by atoms with E-state index in [9.17, 15) is 14.0 Å². The number of amides is 2. The number of para-hydroxylation sites is 1. The molecule has 3 heterocycles. The monoisotopic (exact) mass is 569 g/mol. The molecule has 0 spiro atoms. The molecule has 1 aromatic heterocycles. The first-order valence-electron chi connectivity index (χ1n) is 13.9. The third-order valence-electron chi connectivity index (χ3n) is 7.61. The molecule has 0 aliphatic carbocycles. The number of anilines is 1. The van der Waals surface area contributed by atoms with E-state index in [1.807, 2.05) is 19.1 Å². The molecule has 214 valence electrons. The Morgan fingerprint density at radius 2 is 1.81 bits per heavy atom. The lowest BCUT2D eigenvalue weighted by atomic mass is 10.0. The van der Waals surface area contributed by atoms with Crippen LogP contribution in [0.5, 0.6) is 0 Å². The number of benzodiazepines with no additional fused rings is 1. The molecule has 6 rings (SSSR count). The number of benzene rings is 3. The predicted octanol–water partition coefficient (Wildman–Crippen LogP) is 5.29. The lowest BCUT2D eigenvalue weighted by Gasteiger charge is -2.25. The molecule has 0 bridgehead atoms. The van der Waals surface area contributed by atoms with Gasteiger partial charge in [0.15, 0.2) is 0 Å². The summed E-state index contributed by atoms with van der Waals surface area (Å²) in [5, 5.41) is 9.78. The Labute approximate surface area is 241 Å². The fraction of sp³-hybridized carbons (Fsp3) is 0.250. The Kier molecular flexibility index (Phi) is 7.62. The van der Waals surface area contributed by atoms with E-state index in [2.05, 4.69) is 20.7 Å². The summed E-state index contributed by atoms with van der Waals surface area (Å²) < 4.78 is 37.5. The fourth-order valence-corrected chi connectivity index (χ4v) is 5.40. The van der Waals surface area contributed by atoms with Gasteiger partial charge in [-0.3, -0.25) is 14.3 Å². The zero-order chi connectivity index (χ0) is 29.2. The molecule has 1 fully saturated rings. The number of nitrogens with zero attached hydrogens (tertiary/aromatic N) is 3. The number of aromatic nitrogens is 2. The van der Waals surface area contributed by atoms with Gasteiger partial charge in [-0.05, 0) is 43.0 Å². The number of fused-ring (bicyclic) bond motifs is 1. The van der Waals surface area contributed by atoms with Gasteiger partial charge < -0.3 is 15.4 Å². The minimum absolute atomic E-state index is 0.0204. The average Bonchev–Trinajstić information content (AvgIpc) is 3.40. The largest absolute Gasteiger partial charge is 0.381 e. The molecule has 2 N–H and O–H groups in total. The van der Waals surface area contributed by atoms with Gasteiger partial charge in [0.1, 0.15) is 11.6 Å². The fourth-order valence-electron chi connectivity index (χ4n) is 5.40. The van der Waals surface area contributed by atoms with Crippen molar-refractivity contribution in [2.24, 2.45) is 4.99 Å². The summed E-state index contributed by atoms with van der Waals surface area (Å²) in [6, 6.07) is 18.3. The Morgan fingerprint density at radius 1 is 1.02 bits per heavy atom. The Balaban J connectivity index is 1.41. The molecule has 0 radical (unpaired) electrons. The van der Waals surface area contributed by atoms with Crippen molar-refractivity contribution in [2.75, 3.05) is 18.5 Å². The van der Waals surface area contributed by atoms with Crippen LogP contribution in [-0.4, -0.2) is 46.7 Å². The molecular formula is C32H29F2N5O3. The van der Waals surface area contributed by atoms with Crippen LogP contribution in [0, 0.1) is 11.6 Å². The van der Waals surface area contributed by atoms with Gasteiger partial charge in [0.25, 0.3) is 11.8 Å². The summed E-state index contributed by atoms with van der Waals surface area (Å²) in [6.45, 7) is 2.99. The summed E-state index contributed by atoms with van der Waals surface area (Å²) in [5.74, 6) is -2.47. The summed E-state index contributed by atoms with van der Waals surface area (Å²) in [5.41, 5.74) is 2.82. The van der Waals surface area contributed by atoms with E-state index in [0.29, 0.717) is 55.0 Å². The highest BCUT2D eigenvalue weighted by molar-refractivity contribution is 6.20. The SMILES string of the molecule is CCc1ccc(-c2c(C(=O)N[C@H]3N=C(c4ccccc4)c4cccc(F)c4NC3=O)cnn2C2CCOCC2)c(F)c1. The molecule has 10 heteroatoms. The Morgan fingerprint density at radius 3 is 2.55 bits per heavy atom. The van der Waals surface area contributed by atoms with Crippen molar-refractivity contribution in [3.63, 3.8) is 0 Å². The van der Waals surface area contributed by atoms with Crippen LogP contribution in [0.1, 0.15) is 52.9 Å². The van der Waals surface area contributed by atoms with Gasteiger partial charge in [-0.25, -0.2) is 13.8 Å². The van der Waals surface area contributed by atoms with E-state index in [-0.39, 0.29) is 22.9 Å². The first-order valence-corrected chi connectivity index (χ1v) is 13.9. The zero-order valence-corrected chi connectivity index (χ0v) is 22.9. The highest BCUT2D eigenvalue weighted by atomic mass is 19.1. The Bertz CT molecular complexity index is 1680. The second-order valence-corrected chi connectivity index (χ2v) is 10.2. The van der Waals surface area contributed by atoms with Crippen molar-refractivity contribution in [1.82, 2.24) is 15.1 Å². The molecule has 3 aromatic carbocycles. The van der Waals surface area contributed by atoms with E-state index in [1.54, 1.807) is 41.1 Å². The van der Waals surface area contributed by atoms with Crippen molar-refractivity contribution in [2.45, 2.75) is 38.4 Å². The molecule has 2 aliphatic heterocycles. The topological polar surface area (TPSA) is 97.6 Å². The molecule has 4 aromatic rings. The molecule has 1 saturated heterocycles. The summed E-state index contributed by atoms with van der Waals surface area (Å²) in [7, 11) is 0. The molecule has 8 nitrogen and oxygen atoms in total. The zero-order valence-electron chi connectivity index (χ0n) is 22.9. The molecular weight excluding hydrogens is 540 g/mol. The van der Waals surface area contributed by atoms with E-state index in [0.717, 1.165) is 5.56 Å². The van der Waals surface area contributed by atoms with Crippen molar-refractivity contribution >= 4 is 23.2 Å². The number of rotatable bonds is 6. The van der Waals surface area contributed by atoms with Crippen LogP contribution in [0.3, 0.4) is 0 Å². The van der Waals surface area contributed by atoms with Crippen LogP contribution < -0.4 is 10.6 Å². The number of aryl methyl sites for hydroxylation is 1.